The number of hydrogen-bond donors (Lipinski definition) is 2. The van der Waals surface area contributed by atoms with Crippen molar-refractivity contribution in [2.45, 2.75) is 13.0 Å². The van der Waals surface area contributed by atoms with Crippen LogP contribution in [0.1, 0.15) is 28.4 Å². The second kappa shape index (κ2) is 8.35. The Morgan fingerprint density at radius 2 is 1.96 bits per heavy atom. The molecule has 2 heterocycles. The molecule has 0 aliphatic carbocycles. The number of benzene rings is 1. The molecule has 0 saturated carbocycles. The van der Waals surface area contributed by atoms with Gasteiger partial charge in [-0.05, 0) is 54.8 Å². The van der Waals surface area contributed by atoms with E-state index >= 15 is 0 Å². The smallest absolute Gasteiger partial charge is 0.291 e. The predicted molar refractivity (Wildman–Crippen MR) is 99.5 cm³/mol. The number of hydrogen-bond acceptors (Lipinski definition) is 5. The van der Waals surface area contributed by atoms with E-state index in [1.165, 1.54) is 6.26 Å². The zero-order valence-corrected chi connectivity index (χ0v) is 14.9. The molecule has 2 N–H and O–H groups in total. The molecule has 0 radical (unpaired) electrons. The van der Waals surface area contributed by atoms with Crippen molar-refractivity contribution in [1.29, 1.82) is 0 Å². The number of thiophene rings is 1. The lowest BCUT2D eigenvalue weighted by molar-refractivity contribution is -0.123. The minimum atomic E-state index is -0.328. The summed E-state index contributed by atoms with van der Waals surface area (Å²) >= 11 is 1.60. The molecule has 0 aliphatic heterocycles. The van der Waals surface area contributed by atoms with E-state index in [1.807, 2.05) is 24.4 Å². The van der Waals surface area contributed by atoms with Crippen LogP contribution in [0.25, 0.3) is 0 Å². The Morgan fingerprint density at radius 3 is 2.62 bits per heavy atom. The van der Waals surface area contributed by atoms with Crippen molar-refractivity contribution in [3.63, 3.8) is 0 Å². The molecule has 0 spiro atoms. The number of amides is 2. The molecule has 1 unspecified atom stereocenters. The fraction of sp³-hybridized carbons (Fsp3) is 0.158. The quantitative estimate of drug-likeness (QED) is 0.662. The molecule has 0 aliphatic rings. The van der Waals surface area contributed by atoms with Crippen LogP contribution in [0.3, 0.4) is 0 Å². The molecule has 26 heavy (non-hydrogen) atoms. The molecule has 1 atom stereocenters. The summed E-state index contributed by atoms with van der Waals surface area (Å²) in [6.45, 7) is 1.86. The molecule has 6 nitrogen and oxygen atoms in total. The van der Waals surface area contributed by atoms with E-state index < -0.39 is 0 Å². The standard InChI is InChI=1S/C19H18N2O4S/c1-13(17-5-3-11-26-17)20-18(22)12-25-15-8-6-14(7-9-15)21-19(23)16-4-2-10-24-16/h2-11,13H,12H2,1H3,(H,20,22)(H,21,23). The Kier molecular flexibility index (Phi) is 5.70. The molecular formula is C19H18N2O4S. The van der Waals surface area contributed by atoms with Crippen molar-refractivity contribution < 1.29 is 18.7 Å². The van der Waals surface area contributed by atoms with Gasteiger partial charge in [0.15, 0.2) is 12.4 Å². The molecule has 3 rings (SSSR count). The van der Waals surface area contributed by atoms with Crippen molar-refractivity contribution in [2.24, 2.45) is 0 Å². The van der Waals surface area contributed by atoms with Gasteiger partial charge in [0, 0.05) is 10.6 Å². The summed E-state index contributed by atoms with van der Waals surface area (Å²) in [5, 5.41) is 7.57. The zero-order valence-electron chi connectivity index (χ0n) is 14.1. The number of rotatable bonds is 7. The first-order chi connectivity index (χ1) is 12.6. The lowest BCUT2D eigenvalue weighted by atomic mass is 10.3. The summed E-state index contributed by atoms with van der Waals surface area (Å²) in [5.41, 5.74) is 0.606. The van der Waals surface area contributed by atoms with Gasteiger partial charge in [-0.3, -0.25) is 9.59 Å². The maximum Gasteiger partial charge on any atom is 0.291 e. The number of carbonyl (C=O) groups excluding carboxylic acids is 2. The van der Waals surface area contributed by atoms with Crippen LogP contribution in [0.15, 0.2) is 64.6 Å². The Labute approximate surface area is 154 Å². The van der Waals surface area contributed by atoms with Gasteiger partial charge in [0.1, 0.15) is 5.75 Å². The molecule has 3 aromatic rings. The van der Waals surface area contributed by atoms with Gasteiger partial charge in [0.05, 0.1) is 12.3 Å². The highest BCUT2D eigenvalue weighted by molar-refractivity contribution is 7.10. The van der Waals surface area contributed by atoms with Crippen LogP contribution in [-0.2, 0) is 4.79 Å². The van der Waals surface area contributed by atoms with Crippen molar-refractivity contribution >= 4 is 28.8 Å². The van der Waals surface area contributed by atoms with Gasteiger partial charge < -0.3 is 19.8 Å². The maximum atomic E-state index is 12.0. The zero-order chi connectivity index (χ0) is 18.4. The van der Waals surface area contributed by atoms with Crippen LogP contribution in [0.2, 0.25) is 0 Å². The van der Waals surface area contributed by atoms with Crippen LogP contribution in [0.5, 0.6) is 5.75 Å². The third-order valence-electron chi connectivity index (χ3n) is 3.57. The molecule has 2 amide bonds. The predicted octanol–water partition coefficient (Wildman–Crippen LogP) is 3.85. The molecule has 0 fully saturated rings. The molecule has 0 bridgehead atoms. The lowest BCUT2D eigenvalue weighted by Gasteiger charge is -2.13. The Balaban J connectivity index is 1.46. The number of ether oxygens (including phenoxy) is 1. The van der Waals surface area contributed by atoms with E-state index in [-0.39, 0.29) is 30.2 Å². The molecule has 0 saturated heterocycles. The van der Waals surface area contributed by atoms with Gasteiger partial charge in [-0.2, -0.15) is 0 Å². The van der Waals surface area contributed by atoms with Gasteiger partial charge in [-0.1, -0.05) is 6.07 Å². The van der Waals surface area contributed by atoms with Gasteiger partial charge in [-0.15, -0.1) is 11.3 Å². The number of carbonyl (C=O) groups is 2. The van der Waals surface area contributed by atoms with Crippen LogP contribution < -0.4 is 15.4 Å². The summed E-state index contributed by atoms with van der Waals surface area (Å²) < 4.78 is 10.5. The van der Waals surface area contributed by atoms with E-state index in [0.717, 1.165) is 4.88 Å². The van der Waals surface area contributed by atoms with Crippen LogP contribution in [0.4, 0.5) is 5.69 Å². The Morgan fingerprint density at radius 1 is 1.15 bits per heavy atom. The van der Waals surface area contributed by atoms with Crippen molar-refractivity contribution in [2.75, 3.05) is 11.9 Å². The second-order valence-corrected chi connectivity index (χ2v) is 6.53. The molecule has 2 aromatic heterocycles. The van der Waals surface area contributed by atoms with E-state index in [1.54, 1.807) is 47.7 Å². The van der Waals surface area contributed by atoms with Crippen LogP contribution >= 0.6 is 11.3 Å². The van der Waals surface area contributed by atoms with E-state index in [0.29, 0.717) is 11.4 Å². The number of anilines is 1. The average Bonchev–Trinajstić information content (AvgIpc) is 3.34. The second-order valence-electron chi connectivity index (χ2n) is 5.55. The van der Waals surface area contributed by atoms with Crippen LogP contribution in [-0.4, -0.2) is 18.4 Å². The number of nitrogens with one attached hydrogen (secondary N) is 2. The van der Waals surface area contributed by atoms with Crippen molar-refractivity contribution in [3.8, 4) is 5.75 Å². The van der Waals surface area contributed by atoms with Crippen molar-refractivity contribution in [1.82, 2.24) is 5.32 Å². The molecule has 1 aromatic carbocycles. The number of furan rings is 1. The highest BCUT2D eigenvalue weighted by Crippen LogP contribution is 2.19. The first-order valence-corrected chi connectivity index (χ1v) is 8.90. The van der Waals surface area contributed by atoms with Gasteiger partial charge in [-0.25, -0.2) is 0 Å². The SMILES string of the molecule is CC(NC(=O)COc1ccc(NC(=O)c2ccco2)cc1)c1cccs1. The third kappa shape index (κ3) is 4.73. The highest BCUT2D eigenvalue weighted by atomic mass is 32.1. The van der Waals surface area contributed by atoms with Crippen molar-refractivity contribution in [3.05, 3.63) is 70.8 Å². The van der Waals surface area contributed by atoms with E-state index in [2.05, 4.69) is 10.6 Å². The van der Waals surface area contributed by atoms with Gasteiger partial charge in [0.2, 0.25) is 0 Å². The largest absolute Gasteiger partial charge is 0.484 e. The molecular weight excluding hydrogens is 352 g/mol. The first-order valence-electron chi connectivity index (χ1n) is 8.02. The summed E-state index contributed by atoms with van der Waals surface area (Å²) in [4.78, 5) is 24.9. The van der Waals surface area contributed by atoms with E-state index in [9.17, 15) is 9.59 Å². The average molecular weight is 370 g/mol. The fourth-order valence-electron chi connectivity index (χ4n) is 2.28. The monoisotopic (exact) mass is 370 g/mol. The Hall–Kier alpha value is -3.06. The topological polar surface area (TPSA) is 80.6 Å². The summed E-state index contributed by atoms with van der Waals surface area (Å²) in [7, 11) is 0. The normalized spacial score (nSPS) is 11.6. The Bertz CT molecular complexity index is 842. The fourth-order valence-corrected chi connectivity index (χ4v) is 3.01. The van der Waals surface area contributed by atoms with Gasteiger partial charge >= 0.3 is 0 Å². The minimum Gasteiger partial charge on any atom is -0.484 e. The van der Waals surface area contributed by atoms with Gasteiger partial charge in [0.25, 0.3) is 11.8 Å². The maximum absolute atomic E-state index is 12.0. The molecule has 134 valence electrons. The summed E-state index contributed by atoms with van der Waals surface area (Å²) in [6, 6.07) is 13.9. The highest BCUT2D eigenvalue weighted by Gasteiger charge is 2.11. The lowest BCUT2D eigenvalue weighted by Crippen LogP contribution is -2.30. The first kappa shape index (κ1) is 17.8. The third-order valence-corrected chi connectivity index (χ3v) is 4.63. The molecule has 7 heteroatoms. The van der Waals surface area contributed by atoms with Crippen LogP contribution in [0, 0.1) is 0 Å². The summed E-state index contributed by atoms with van der Waals surface area (Å²) in [5.74, 6) is 0.258. The van der Waals surface area contributed by atoms with E-state index in [4.69, 9.17) is 9.15 Å². The minimum absolute atomic E-state index is 0.0507. The summed E-state index contributed by atoms with van der Waals surface area (Å²) in [6.07, 6.45) is 1.44.